The van der Waals surface area contributed by atoms with Gasteiger partial charge in [-0.3, -0.25) is 0 Å². The first-order valence-corrected chi connectivity index (χ1v) is 7.11. The number of fused-ring (bicyclic) bond motifs is 3. The Kier molecular flexibility index (Phi) is 3.52. The standard InChI is InChI=1S/C15H22N2O/c1-2-3-6-9-17-10-12-11-18-14-8-5-4-7-13(14)15(12)16-17/h4-5,7-8,12,15-16H,2-3,6,9-11H2,1H3. The van der Waals surface area contributed by atoms with Crippen LogP contribution < -0.4 is 10.2 Å². The summed E-state index contributed by atoms with van der Waals surface area (Å²) >= 11 is 0. The lowest BCUT2D eigenvalue weighted by Crippen LogP contribution is -2.33. The van der Waals surface area contributed by atoms with Crippen molar-refractivity contribution in [2.75, 3.05) is 19.7 Å². The number of rotatable bonds is 4. The van der Waals surface area contributed by atoms with Gasteiger partial charge in [0.25, 0.3) is 0 Å². The molecule has 2 aliphatic rings. The Hall–Kier alpha value is -1.06. The molecule has 1 aromatic rings. The topological polar surface area (TPSA) is 24.5 Å². The second-order valence-electron chi connectivity index (χ2n) is 5.37. The van der Waals surface area contributed by atoms with Gasteiger partial charge in [-0.2, -0.15) is 0 Å². The van der Waals surface area contributed by atoms with Crippen LogP contribution in [0.4, 0.5) is 0 Å². The molecule has 0 radical (unpaired) electrons. The van der Waals surface area contributed by atoms with Gasteiger partial charge in [-0.25, -0.2) is 10.4 Å². The van der Waals surface area contributed by atoms with Crippen LogP contribution in [0.25, 0.3) is 0 Å². The maximum absolute atomic E-state index is 5.84. The zero-order valence-electron chi connectivity index (χ0n) is 11.1. The van der Waals surface area contributed by atoms with Crippen LogP contribution in [-0.2, 0) is 0 Å². The van der Waals surface area contributed by atoms with Crippen molar-refractivity contribution in [2.45, 2.75) is 32.2 Å². The SMILES string of the molecule is CCCCCN1CC2COc3ccccc3C2N1. The van der Waals surface area contributed by atoms with E-state index in [0.717, 1.165) is 25.4 Å². The fourth-order valence-corrected chi connectivity index (χ4v) is 2.99. The van der Waals surface area contributed by atoms with Gasteiger partial charge in [0.1, 0.15) is 5.75 Å². The molecule has 1 N–H and O–H groups in total. The van der Waals surface area contributed by atoms with Gasteiger partial charge < -0.3 is 4.74 Å². The summed E-state index contributed by atoms with van der Waals surface area (Å²) in [6.45, 7) is 5.37. The number of ether oxygens (including phenoxy) is 1. The third-order valence-corrected chi connectivity index (χ3v) is 3.99. The lowest BCUT2D eigenvalue weighted by atomic mass is 9.93. The number of nitrogens with zero attached hydrogens (tertiary/aromatic N) is 1. The van der Waals surface area contributed by atoms with Crippen molar-refractivity contribution in [1.82, 2.24) is 10.4 Å². The molecule has 0 aromatic heterocycles. The number of benzene rings is 1. The molecule has 3 nitrogen and oxygen atoms in total. The highest BCUT2D eigenvalue weighted by molar-refractivity contribution is 5.38. The fourth-order valence-electron chi connectivity index (χ4n) is 2.99. The van der Waals surface area contributed by atoms with Crippen LogP contribution >= 0.6 is 0 Å². The molecule has 0 bridgehead atoms. The van der Waals surface area contributed by atoms with E-state index in [1.807, 2.05) is 6.07 Å². The van der Waals surface area contributed by atoms with Crippen molar-refractivity contribution in [3.8, 4) is 5.75 Å². The Morgan fingerprint density at radius 3 is 3.11 bits per heavy atom. The quantitative estimate of drug-likeness (QED) is 0.827. The molecule has 2 aliphatic heterocycles. The highest BCUT2D eigenvalue weighted by atomic mass is 16.5. The molecule has 3 rings (SSSR count). The van der Waals surface area contributed by atoms with Crippen LogP contribution in [0.2, 0.25) is 0 Å². The molecule has 0 saturated carbocycles. The second-order valence-corrected chi connectivity index (χ2v) is 5.37. The Balaban J connectivity index is 1.67. The summed E-state index contributed by atoms with van der Waals surface area (Å²) in [6.07, 6.45) is 3.89. The van der Waals surface area contributed by atoms with E-state index in [1.54, 1.807) is 0 Å². The van der Waals surface area contributed by atoms with E-state index in [4.69, 9.17) is 4.74 Å². The lowest BCUT2D eigenvalue weighted by molar-refractivity contribution is 0.212. The van der Waals surface area contributed by atoms with Crippen LogP contribution in [0.15, 0.2) is 24.3 Å². The normalized spacial score (nSPS) is 26.5. The summed E-state index contributed by atoms with van der Waals surface area (Å²) in [4.78, 5) is 0. The molecule has 2 heterocycles. The molecule has 98 valence electrons. The van der Waals surface area contributed by atoms with E-state index < -0.39 is 0 Å². The van der Waals surface area contributed by atoms with Gasteiger partial charge in [-0.05, 0) is 12.5 Å². The van der Waals surface area contributed by atoms with Crippen LogP contribution in [-0.4, -0.2) is 24.7 Å². The summed E-state index contributed by atoms with van der Waals surface area (Å²) in [5.41, 5.74) is 4.99. The zero-order chi connectivity index (χ0) is 12.4. The van der Waals surface area contributed by atoms with Crippen molar-refractivity contribution in [3.63, 3.8) is 0 Å². The average Bonchev–Trinajstić information content (AvgIpc) is 2.82. The Bertz CT molecular complexity index is 407. The lowest BCUT2D eigenvalue weighted by Gasteiger charge is -2.27. The summed E-state index contributed by atoms with van der Waals surface area (Å²) in [5, 5.41) is 2.39. The van der Waals surface area contributed by atoms with Gasteiger partial charge in [0.05, 0.1) is 12.6 Å². The van der Waals surface area contributed by atoms with E-state index in [2.05, 4.69) is 35.6 Å². The Morgan fingerprint density at radius 1 is 1.33 bits per heavy atom. The van der Waals surface area contributed by atoms with Gasteiger partial charge in [0.2, 0.25) is 0 Å². The van der Waals surface area contributed by atoms with Gasteiger partial charge >= 0.3 is 0 Å². The van der Waals surface area contributed by atoms with Crippen LogP contribution in [0.3, 0.4) is 0 Å². The molecule has 1 saturated heterocycles. The van der Waals surface area contributed by atoms with Crippen LogP contribution in [0, 0.1) is 5.92 Å². The monoisotopic (exact) mass is 246 g/mol. The van der Waals surface area contributed by atoms with Crippen molar-refractivity contribution in [2.24, 2.45) is 5.92 Å². The van der Waals surface area contributed by atoms with Crippen molar-refractivity contribution >= 4 is 0 Å². The van der Waals surface area contributed by atoms with Crippen molar-refractivity contribution < 1.29 is 4.74 Å². The predicted molar refractivity (Wildman–Crippen MR) is 72.4 cm³/mol. The molecule has 0 aliphatic carbocycles. The summed E-state index contributed by atoms with van der Waals surface area (Å²) in [7, 11) is 0. The molecular weight excluding hydrogens is 224 g/mol. The van der Waals surface area contributed by atoms with E-state index in [0.29, 0.717) is 12.0 Å². The third-order valence-electron chi connectivity index (χ3n) is 3.99. The summed E-state index contributed by atoms with van der Waals surface area (Å²) in [5.74, 6) is 1.66. The van der Waals surface area contributed by atoms with Gasteiger partial charge in [0, 0.05) is 24.6 Å². The van der Waals surface area contributed by atoms with E-state index in [-0.39, 0.29) is 0 Å². The molecule has 3 heteroatoms. The number of hydrogen-bond donors (Lipinski definition) is 1. The smallest absolute Gasteiger partial charge is 0.124 e. The Labute approximate surface area is 109 Å². The fraction of sp³-hybridized carbons (Fsp3) is 0.600. The number of para-hydroxylation sites is 1. The second kappa shape index (κ2) is 5.29. The van der Waals surface area contributed by atoms with Crippen molar-refractivity contribution in [1.29, 1.82) is 0 Å². The van der Waals surface area contributed by atoms with Crippen molar-refractivity contribution in [3.05, 3.63) is 29.8 Å². The zero-order valence-corrected chi connectivity index (χ0v) is 11.1. The van der Waals surface area contributed by atoms with Crippen LogP contribution in [0.1, 0.15) is 37.8 Å². The minimum absolute atomic E-state index is 0.455. The molecular formula is C15H22N2O. The largest absolute Gasteiger partial charge is 0.493 e. The van der Waals surface area contributed by atoms with Gasteiger partial charge in [0.15, 0.2) is 0 Å². The molecule has 1 aromatic carbocycles. The first kappa shape index (κ1) is 12.0. The number of hydrogen-bond acceptors (Lipinski definition) is 3. The summed E-state index contributed by atoms with van der Waals surface area (Å²) in [6, 6.07) is 8.87. The highest BCUT2D eigenvalue weighted by Crippen LogP contribution is 2.38. The minimum Gasteiger partial charge on any atom is -0.493 e. The third kappa shape index (κ3) is 2.25. The molecule has 0 amide bonds. The maximum atomic E-state index is 5.84. The maximum Gasteiger partial charge on any atom is 0.124 e. The first-order valence-electron chi connectivity index (χ1n) is 7.11. The molecule has 2 atom stereocenters. The number of nitrogens with one attached hydrogen (secondary N) is 1. The highest BCUT2D eigenvalue weighted by Gasteiger charge is 2.37. The molecule has 1 fully saturated rings. The summed E-state index contributed by atoms with van der Waals surface area (Å²) < 4.78 is 5.84. The van der Waals surface area contributed by atoms with E-state index in [9.17, 15) is 0 Å². The van der Waals surface area contributed by atoms with E-state index in [1.165, 1.54) is 24.8 Å². The average molecular weight is 246 g/mol. The predicted octanol–water partition coefficient (Wildman–Crippen LogP) is 2.75. The van der Waals surface area contributed by atoms with Gasteiger partial charge in [-0.15, -0.1) is 0 Å². The molecule has 18 heavy (non-hydrogen) atoms. The van der Waals surface area contributed by atoms with E-state index >= 15 is 0 Å². The number of unbranched alkanes of at least 4 members (excludes halogenated alkanes) is 2. The Morgan fingerprint density at radius 2 is 2.22 bits per heavy atom. The van der Waals surface area contributed by atoms with Crippen LogP contribution in [0.5, 0.6) is 5.75 Å². The van der Waals surface area contributed by atoms with Gasteiger partial charge in [-0.1, -0.05) is 38.0 Å². The number of hydrazine groups is 1. The minimum atomic E-state index is 0.455. The molecule has 0 spiro atoms. The molecule has 2 unspecified atom stereocenters. The first-order chi connectivity index (χ1) is 8.88.